The van der Waals surface area contributed by atoms with Gasteiger partial charge >= 0.3 is 0 Å². The first-order valence-corrected chi connectivity index (χ1v) is 9.78. The summed E-state index contributed by atoms with van der Waals surface area (Å²) in [4.78, 5) is 25.3. The standard InChI is InChI=1S/C21H30N6O.HI/c1-16-6-5-7-18(14-16)17(2)15-24-21(22-3)27-12-10-26(11-13-27)19-20(28)25(4)9-8-23-19;/h5-9,14,17H,10-13,15H2,1-4H3,(H,22,24);1H. The van der Waals surface area contributed by atoms with Crippen molar-refractivity contribution in [1.29, 1.82) is 0 Å². The number of benzene rings is 1. The maximum atomic E-state index is 12.3. The van der Waals surface area contributed by atoms with Crippen LogP contribution in [0, 0.1) is 6.92 Å². The summed E-state index contributed by atoms with van der Waals surface area (Å²) in [6, 6.07) is 8.64. The number of aryl methyl sites for hydroxylation is 2. The SMILES string of the molecule is CN=C(NCC(C)c1cccc(C)c1)N1CCN(c2nccn(C)c2=O)CC1.I. The molecule has 1 aromatic carbocycles. The van der Waals surface area contributed by atoms with Crippen molar-refractivity contribution in [3.05, 3.63) is 58.1 Å². The van der Waals surface area contributed by atoms with Crippen LogP contribution in [-0.2, 0) is 7.05 Å². The number of rotatable bonds is 4. The molecule has 29 heavy (non-hydrogen) atoms. The smallest absolute Gasteiger partial charge is 0.293 e. The molecule has 0 aliphatic carbocycles. The minimum absolute atomic E-state index is 0. The summed E-state index contributed by atoms with van der Waals surface area (Å²) in [6.45, 7) is 8.29. The van der Waals surface area contributed by atoms with Gasteiger partial charge in [0.05, 0.1) is 0 Å². The monoisotopic (exact) mass is 510 g/mol. The predicted octanol–water partition coefficient (Wildman–Crippen LogP) is 2.21. The second-order valence-electron chi connectivity index (χ2n) is 7.38. The summed E-state index contributed by atoms with van der Waals surface area (Å²) < 4.78 is 1.57. The van der Waals surface area contributed by atoms with E-state index in [-0.39, 0.29) is 29.5 Å². The third kappa shape index (κ3) is 5.71. The maximum absolute atomic E-state index is 12.3. The highest BCUT2D eigenvalue weighted by atomic mass is 127. The molecule has 158 valence electrons. The molecule has 0 saturated carbocycles. The molecular formula is C21H31IN6O. The van der Waals surface area contributed by atoms with Gasteiger partial charge in [-0.15, -0.1) is 24.0 Å². The molecule has 8 heteroatoms. The number of hydrogen-bond acceptors (Lipinski definition) is 4. The van der Waals surface area contributed by atoms with Crippen LogP contribution in [0.2, 0.25) is 0 Å². The van der Waals surface area contributed by atoms with Crippen LogP contribution in [0.15, 0.2) is 46.4 Å². The molecule has 1 aliphatic heterocycles. The van der Waals surface area contributed by atoms with Gasteiger partial charge < -0.3 is 19.7 Å². The summed E-state index contributed by atoms with van der Waals surface area (Å²) in [5, 5.41) is 3.51. The molecule has 1 unspecified atom stereocenters. The molecule has 0 radical (unpaired) electrons. The van der Waals surface area contributed by atoms with Crippen LogP contribution in [0.25, 0.3) is 0 Å². The van der Waals surface area contributed by atoms with Crippen molar-refractivity contribution < 1.29 is 0 Å². The normalized spacial score (nSPS) is 15.7. The largest absolute Gasteiger partial charge is 0.356 e. The first-order chi connectivity index (χ1) is 13.5. The lowest BCUT2D eigenvalue weighted by Crippen LogP contribution is -2.54. The number of piperazine rings is 1. The lowest BCUT2D eigenvalue weighted by molar-refractivity contribution is 0.370. The summed E-state index contributed by atoms with van der Waals surface area (Å²) in [7, 11) is 3.57. The van der Waals surface area contributed by atoms with Crippen molar-refractivity contribution in [2.45, 2.75) is 19.8 Å². The lowest BCUT2D eigenvalue weighted by Gasteiger charge is -2.37. The van der Waals surface area contributed by atoms with E-state index >= 15 is 0 Å². The van der Waals surface area contributed by atoms with Gasteiger partial charge in [-0.25, -0.2) is 4.98 Å². The van der Waals surface area contributed by atoms with Crippen LogP contribution in [0.3, 0.4) is 0 Å². The van der Waals surface area contributed by atoms with Crippen molar-refractivity contribution in [2.24, 2.45) is 12.0 Å². The van der Waals surface area contributed by atoms with Crippen molar-refractivity contribution in [3.63, 3.8) is 0 Å². The second kappa shape index (κ2) is 10.6. The number of halogens is 1. The van der Waals surface area contributed by atoms with Gasteiger partial charge in [0.25, 0.3) is 5.56 Å². The second-order valence-corrected chi connectivity index (χ2v) is 7.38. The maximum Gasteiger partial charge on any atom is 0.293 e. The number of aromatic nitrogens is 2. The van der Waals surface area contributed by atoms with Crippen molar-refractivity contribution in [1.82, 2.24) is 19.8 Å². The van der Waals surface area contributed by atoms with E-state index in [0.717, 1.165) is 38.7 Å². The number of nitrogens with one attached hydrogen (secondary N) is 1. The summed E-state index contributed by atoms with van der Waals surface area (Å²) in [5.41, 5.74) is 2.56. The van der Waals surface area contributed by atoms with Crippen LogP contribution in [0.4, 0.5) is 5.82 Å². The van der Waals surface area contributed by atoms with Gasteiger partial charge in [-0.1, -0.05) is 36.8 Å². The van der Waals surface area contributed by atoms with Gasteiger partial charge in [0.2, 0.25) is 0 Å². The fourth-order valence-corrected chi connectivity index (χ4v) is 3.50. The third-order valence-electron chi connectivity index (χ3n) is 5.27. The Morgan fingerprint density at radius 2 is 2.00 bits per heavy atom. The molecule has 1 N–H and O–H groups in total. The van der Waals surface area contributed by atoms with E-state index in [4.69, 9.17) is 0 Å². The first kappa shape index (κ1) is 23.2. The van der Waals surface area contributed by atoms with Gasteiger partial charge in [0, 0.05) is 59.2 Å². The highest BCUT2D eigenvalue weighted by molar-refractivity contribution is 14.0. The fourth-order valence-electron chi connectivity index (χ4n) is 3.50. The zero-order valence-electron chi connectivity index (χ0n) is 17.6. The van der Waals surface area contributed by atoms with E-state index in [0.29, 0.717) is 11.7 Å². The molecule has 1 saturated heterocycles. The van der Waals surface area contributed by atoms with Crippen LogP contribution in [0.1, 0.15) is 24.0 Å². The van der Waals surface area contributed by atoms with Crippen molar-refractivity contribution in [2.75, 3.05) is 44.7 Å². The molecule has 1 fully saturated rings. The summed E-state index contributed by atoms with van der Waals surface area (Å²) >= 11 is 0. The Balaban J connectivity index is 0.00000300. The minimum Gasteiger partial charge on any atom is -0.356 e. The molecule has 1 atom stereocenters. The number of hydrogen-bond donors (Lipinski definition) is 1. The van der Waals surface area contributed by atoms with Gasteiger partial charge in [0.1, 0.15) is 0 Å². The molecule has 0 spiro atoms. The first-order valence-electron chi connectivity index (χ1n) is 9.78. The number of nitrogens with zero attached hydrogens (tertiary/aromatic N) is 5. The van der Waals surface area contributed by atoms with Crippen molar-refractivity contribution >= 4 is 35.8 Å². The zero-order chi connectivity index (χ0) is 20.1. The number of aliphatic imine (C=N–C) groups is 1. The minimum atomic E-state index is -0.0505. The summed E-state index contributed by atoms with van der Waals surface area (Å²) in [6.07, 6.45) is 3.36. The third-order valence-corrected chi connectivity index (χ3v) is 5.27. The van der Waals surface area contributed by atoms with E-state index in [9.17, 15) is 4.79 Å². The topological polar surface area (TPSA) is 65.8 Å². The van der Waals surface area contributed by atoms with Gasteiger partial charge in [-0.05, 0) is 18.4 Å². The van der Waals surface area contributed by atoms with Gasteiger partial charge in [-0.2, -0.15) is 0 Å². The molecular weight excluding hydrogens is 479 g/mol. The molecule has 1 aliphatic rings. The Kier molecular flexibility index (Phi) is 8.48. The Labute approximate surface area is 189 Å². The fraction of sp³-hybridized carbons (Fsp3) is 0.476. The van der Waals surface area contributed by atoms with Crippen LogP contribution in [0.5, 0.6) is 0 Å². The van der Waals surface area contributed by atoms with Gasteiger partial charge in [0.15, 0.2) is 11.8 Å². The number of anilines is 1. The molecule has 2 heterocycles. The van der Waals surface area contributed by atoms with E-state index in [2.05, 4.69) is 63.2 Å². The molecule has 7 nitrogen and oxygen atoms in total. The molecule has 0 bridgehead atoms. The molecule has 1 aromatic heterocycles. The summed E-state index contributed by atoms with van der Waals surface area (Å²) in [5.74, 6) is 1.84. The van der Waals surface area contributed by atoms with Crippen LogP contribution < -0.4 is 15.8 Å². The highest BCUT2D eigenvalue weighted by Gasteiger charge is 2.22. The quantitative estimate of drug-likeness (QED) is 0.388. The van der Waals surface area contributed by atoms with Crippen molar-refractivity contribution in [3.8, 4) is 0 Å². The molecule has 2 aromatic rings. The molecule has 0 amide bonds. The predicted molar refractivity (Wildman–Crippen MR) is 130 cm³/mol. The van der Waals surface area contributed by atoms with Crippen LogP contribution in [-0.4, -0.2) is 60.2 Å². The van der Waals surface area contributed by atoms with E-state index < -0.39 is 0 Å². The average molecular weight is 510 g/mol. The Bertz CT molecular complexity index is 889. The van der Waals surface area contributed by atoms with Gasteiger partial charge in [-0.3, -0.25) is 9.79 Å². The Morgan fingerprint density at radius 3 is 2.66 bits per heavy atom. The van der Waals surface area contributed by atoms with E-state index in [1.807, 2.05) is 7.05 Å². The van der Waals surface area contributed by atoms with Crippen LogP contribution >= 0.6 is 24.0 Å². The molecule has 3 rings (SSSR count). The van der Waals surface area contributed by atoms with E-state index in [1.54, 1.807) is 24.0 Å². The number of guanidine groups is 1. The average Bonchev–Trinajstić information content (AvgIpc) is 2.71. The van der Waals surface area contributed by atoms with E-state index in [1.165, 1.54) is 11.1 Å². The Hall–Kier alpha value is -2.10. The Morgan fingerprint density at radius 1 is 1.28 bits per heavy atom. The zero-order valence-corrected chi connectivity index (χ0v) is 20.0. The highest BCUT2D eigenvalue weighted by Crippen LogP contribution is 2.16. The lowest BCUT2D eigenvalue weighted by atomic mass is 9.99.